The number of ether oxygens (including phenoxy) is 1. The third-order valence-electron chi connectivity index (χ3n) is 4.04. The Hall–Kier alpha value is -2.36. The zero-order chi connectivity index (χ0) is 17.5. The molecule has 0 amide bonds. The molecule has 0 unspecified atom stereocenters. The fraction of sp³-hybridized carbons (Fsp3) is 0.190. The van der Waals surface area contributed by atoms with Crippen LogP contribution in [-0.2, 0) is 19.5 Å². The van der Waals surface area contributed by atoms with Gasteiger partial charge in [-0.05, 0) is 29.7 Å². The van der Waals surface area contributed by atoms with Gasteiger partial charge in [0.2, 0.25) is 0 Å². The van der Waals surface area contributed by atoms with Gasteiger partial charge in [0.05, 0.1) is 7.11 Å². The van der Waals surface area contributed by atoms with Crippen molar-refractivity contribution < 1.29 is 4.74 Å². The van der Waals surface area contributed by atoms with Crippen LogP contribution in [0, 0.1) is 0 Å². The molecule has 0 fully saturated rings. The first-order valence-electron chi connectivity index (χ1n) is 8.26. The smallest absolute Gasteiger partial charge is 0.133 e. The number of rotatable bonds is 7. The van der Waals surface area contributed by atoms with E-state index in [1.807, 2.05) is 42.6 Å². The van der Waals surface area contributed by atoms with Gasteiger partial charge in [0, 0.05) is 30.4 Å². The van der Waals surface area contributed by atoms with Gasteiger partial charge in [-0.3, -0.25) is 0 Å². The summed E-state index contributed by atoms with van der Waals surface area (Å²) in [6.07, 6.45) is 2.70. The second kappa shape index (κ2) is 8.65. The number of benzene rings is 2. The van der Waals surface area contributed by atoms with Crippen LogP contribution < -0.4 is 10.1 Å². The molecular formula is C21H21ClN2O. The zero-order valence-corrected chi connectivity index (χ0v) is 15.0. The first-order valence-corrected chi connectivity index (χ1v) is 8.64. The number of nitrogens with zero attached hydrogens (tertiary/aromatic N) is 1. The Morgan fingerprint density at radius 3 is 2.44 bits per heavy atom. The molecule has 0 spiro atoms. The van der Waals surface area contributed by atoms with Gasteiger partial charge in [-0.15, -0.1) is 0 Å². The number of methoxy groups -OCH3 is 1. The lowest BCUT2D eigenvalue weighted by atomic mass is 10.1. The van der Waals surface area contributed by atoms with Gasteiger partial charge in [0.15, 0.2) is 0 Å². The Kier molecular flexibility index (Phi) is 6.04. The predicted octanol–water partition coefficient (Wildman–Crippen LogP) is 4.62. The van der Waals surface area contributed by atoms with Crippen molar-refractivity contribution in [3.8, 4) is 5.75 Å². The van der Waals surface area contributed by atoms with Gasteiger partial charge in [0.1, 0.15) is 10.9 Å². The number of hydrogen-bond acceptors (Lipinski definition) is 3. The van der Waals surface area contributed by atoms with Crippen LogP contribution >= 0.6 is 11.6 Å². The maximum atomic E-state index is 6.26. The second-order valence-corrected chi connectivity index (χ2v) is 6.23. The van der Waals surface area contributed by atoms with Gasteiger partial charge < -0.3 is 10.1 Å². The summed E-state index contributed by atoms with van der Waals surface area (Å²) in [7, 11) is 1.69. The van der Waals surface area contributed by atoms with E-state index in [1.165, 1.54) is 5.56 Å². The fourth-order valence-electron chi connectivity index (χ4n) is 2.78. The van der Waals surface area contributed by atoms with E-state index >= 15 is 0 Å². The van der Waals surface area contributed by atoms with Crippen molar-refractivity contribution >= 4 is 11.6 Å². The van der Waals surface area contributed by atoms with E-state index < -0.39 is 0 Å². The van der Waals surface area contributed by atoms with Gasteiger partial charge >= 0.3 is 0 Å². The predicted molar refractivity (Wildman–Crippen MR) is 102 cm³/mol. The summed E-state index contributed by atoms with van der Waals surface area (Å²) in [5.41, 5.74) is 4.55. The lowest BCUT2D eigenvalue weighted by molar-refractivity contribution is 0.407. The number of aromatic nitrogens is 1. The van der Waals surface area contributed by atoms with Crippen LogP contribution in [0.1, 0.15) is 22.3 Å². The summed E-state index contributed by atoms with van der Waals surface area (Å²) in [4.78, 5) is 4.34. The van der Waals surface area contributed by atoms with Crippen molar-refractivity contribution in [3.63, 3.8) is 0 Å². The quantitative estimate of drug-likeness (QED) is 0.630. The summed E-state index contributed by atoms with van der Waals surface area (Å²) in [5.74, 6) is 0.886. The lowest BCUT2D eigenvalue weighted by Crippen LogP contribution is -2.14. The van der Waals surface area contributed by atoms with Crippen LogP contribution in [0.15, 0.2) is 66.9 Å². The summed E-state index contributed by atoms with van der Waals surface area (Å²) < 4.78 is 5.38. The first-order chi connectivity index (χ1) is 12.3. The molecule has 128 valence electrons. The molecule has 25 heavy (non-hydrogen) atoms. The number of pyridine rings is 1. The molecule has 1 N–H and O–H groups in total. The van der Waals surface area contributed by atoms with Crippen molar-refractivity contribution in [2.24, 2.45) is 0 Å². The molecule has 1 heterocycles. The van der Waals surface area contributed by atoms with Crippen LogP contribution in [0.4, 0.5) is 0 Å². The van der Waals surface area contributed by atoms with E-state index in [9.17, 15) is 0 Å². The molecule has 0 atom stereocenters. The Morgan fingerprint density at radius 1 is 0.920 bits per heavy atom. The molecular weight excluding hydrogens is 332 g/mol. The molecule has 2 aromatic carbocycles. The van der Waals surface area contributed by atoms with Crippen LogP contribution in [0.3, 0.4) is 0 Å². The molecule has 3 rings (SSSR count). The standard InChI is InChI=1S/C21H21ClN2O/c1-25-20-10-6-5-9-18(20)14-23-15-19-12-17(13-24-21(19)22)11-16-7-3-2-4-8-16/h2-10,12-13,23H,11,14-15H2,1H3. The molecule has 0 aliphatic rings. The van der Waals surface area contributed by atoms with Crippen molar-refractivity contribution in [2.45, 2.75) is 19.5 Å². The average molecular weight is 353 g/mol. The summed E-state index contributed by atoms with van der Waals surface area (Å²) in [6, 6.07) is 20.5. The number of para-hydroxylation sites is 1. The third-order valence-corrected chi connectivity index (χ3v) is 4.38. The van der Waals surface area contributed by atoms with Gasteiger partial charge in [-0.2, -0.15) is 0 Å². The van der Waals surface area contributed by atoms with Crippen molar-refractivity contribution in [1.82, 2.24) is 10.3 Å². The minimum atomic E-state index is 0.546. The van der Waals surface area contributed by atoms with E-state index in [0.717, 1.165) is 28.9 Å². The maximum absolute atomic E-state index is 6.26. The normalized spacial score (nSPS) is 10.6. The van der Waals surface area contributed by atoms with Crippen LogP contribution in [0.2, 0.25) is 5.15 Å². The molecule has 0 aliphatic heterocycles. The maximum Gasteiger partial charge on any atom is 0.133 e. The number of halogens is 1. The molecule has 3 nitrogen and oxygen atoms in total. The largest absolute Gasteiger partial charge is 0.496 e. The Morgan fingerprint density at radius 2 is 1.64 bits per heavy atom. The monoisotopic (exact) mass is 352 g/mol. The highest BCUT2D eigenvalue weighted by Crippen LogP contribution is 2.19. The third kappa shape index (κ3) is 4.81. The Bertz CT molecular complexity index is 821. The van der Waals surface area contributed by atoms with E-state index in [1.54, 1.807) is 7.11 Å². The van der Waals surface area contributed by atoms with Gasteiger partial charge in [0.25, 0.3) is 0 Å². The molecule has 4 heteroatoms. The lowest BCUT2D eigenvalue weighted by Gasteiger charge is -2.11. The fourth-order valence-corrected chi connectivity index (χ4v) is 2.95. The summed E-state index contributed by atoms with van der Waals surface area (Å²) in [6.45, 7) is 1.37. The molecule has 0 radical (unpaired) electrons. The molecule has 0 aliphatic carbocycles. The highest BCUT2D eigenvalue weighted by molar-refractivity contribution is 6.30. The first kappa shape index (κ1) is 17.5. The molecule has 0 saturated carbocycles. The molecule has 1 aromatic heterocycles. The van der Waals surface area contributed by atoms with Crippen molar-refractivity contribution in [3.05, 3.63) is 94.3 Å². The van der Waals surface area contributed by atoms with E-state index in [0.29, 0.717) is 18.2 Å². The zero-order valence-electron chi connectivity index (χ0n) is 14.2. The number of hydrogen-bond donors (Lipinski definition) is 1. The highest BCUT2D eigenvalue weighted by atomic mass is 35.5. The Balaban J connectivity index is 1.65. The molecule has 3 aromatic rings. The SMILES string of the molecule is COc1ccccc1CNCc1cc(Cc2ccccc2)cnc1Cl. The minimum absolute atomic E-state index is 0.546. The number of nitrogens with one attached hydrogen (secondary N) is 1. The summed E-state index contributed by atoms with van der Waals surface area (Å²) >= 11 is 6.26. The average Bonchev–Trinajstić information content (AvgIpc) is 2.65. The molecule has 0 saturated heterocycles. The Labute approximate surface area is 153 Å². The van der Waals surface area contributed by atoms with E-state index in [2.05, 4.69) is 34.6 Å². The van der Waals surface area contributed by atoms with Gasteiger partial charge in [-0.1, -0.05) is 60.1 Å². The molecule has 0 bridgehead atoms. The van der Waals surface area contributed by atoms with Crippen LogP contribution in [0.5, 0.6) is 5.75 Å². The second-order valence-electron chi connectivity index (χ2n) is 5.87. The van der Waals surface area contributed by atoms with Crippen LogP contribution in [0.25, 0.3) is 0 Å². The summed E-state index contributed by atoms with van der Waals surface area (Å²) in [5, 5.41) is 3.97. The highest BCUT2D eigenvalue weighted by Gasteiger charge is 2.06. The topological polar surface area (TPSA) is 34.1 Å². The van der Waals surface area contributed by atoms with Crippen molar-refractivity contribution in [2.75, 3.05) is 7.11 Å². The van der Waals surface area contributed by atoms with Crippen molar-refractivity contribution in [1.29, 1.82) is 0 Å². The van der Waals surface area contributed by atoms with E-state index in [-0.39, 0.29) is 0 Å². The van der Waals surface area contributed by atoms with E-state index in [4.69, 9.17) is 16.3 Å². The van der Waals surface area contributed by atoms with Crippen LogP contribution in [-0.4, -0.2) is 12.1 Å². The van der Waals surface area contributed by atoms with Gasteiger partial charge in [-0.25, -0.2) is 4.98 Å². The minimum Gasteiger partial charge on any atom is -0.496 e.